The number of rotatable bonds is 10. The van der Waals surface area contributed by atoms with Crippen LogP contribution in [0.15, 0.2) is 71.4 Å². The zero-order valence-electron chi connectivity index (χ0n) is 22.0. The average molecular weight is 601 g/mol. The topological polar surface area (TPSA) is 126 Å². The number of benzene rings is 1. The lowest BCUT2D eigenvalue weighted by atomic mass is 10.2. The first-order valence-electron chi connectivity index (χ1n) is 13.0. The molecule has 4 heterocycles. The fraction of sp³-hybridized carbons (Fsp3) is 0.296. The largest absolute Gasteiger partial charge is 0.491 e. The Morgan fingerprint density at radius 2 is 1.95 bits per heavy atom. The average Bonchev–Trinajstić information content (AvgIpc) is 3.65. The number of halogens is 1. The van der Waals surface area contributed by atoms with Crippen LogP contribution in [0.5, 0.6) is 5.75 Å². The molecule has 0 spiro atoms. The fourth-order valence-electron chi connectivity index (χ4n) is 4.12. The Morgan fingerprint density at radius 3 is 2.73 bits per heavy atom. The summed E-state index contributed by atoms with van der Waals surface area (Å²) in [7, 11) is 0. The van der Waals surface area contributed by atoms with Gasteiger partial charge in [-0.15, -0.1) is 16.9 Å². The van der Waals surface area contributed by atoms with Gasteiger partial charge in [0, 0.05) is 44.0 Å². The van der Waals surface area contributed by atoms with Crippen LogP contribution in [0.25, 0.3) is 5.69 Å². The van der Waals surface area contributed by atoms with Crippen LogP contribution in [0.3, 0.4) is 0 Å². The fourth-order valence-corrected chi connectivity index (χ4v) is 5.08. The quantitative estimate of drug-likeness (QED) is 0.301. The van der Waals surface area contributed by atoms with Gasteiger partial charge in [-0.1, -0.05) is 17.7 Å². The molecule has 3 N–H and O–H groups in total. The third-order valence-electron chi connectivity index (χ3n) is 6.20. The van der Waals surface area contributed by atoms with Crippen molar-refractivity contribution < 1.29 is 23.8 Å². The highest BCUT2D eigenvalue weighted by Crippen LogP contribution is 2.31. The van der Waals surface area contributed by atoms with E-state index in [9.17, 15) is 14.4 Å². The van der Waals surface area contributed by atoms with Crippen molar-refractivity contribution in [2.45, 2.75) is 6.42 Å². The van der Waals surface area contributed by atoms with Crippen LogP contribution >= 0.6 is 22.9 Å². The Morgan fingerprint density at radius 1 is 1.10 bits per heavy atom. The monoisotopic (exact) mass is 600 g/mol. The van der Waals surface area contributed by atoms with Crippen molar-refractivity contribution in [2.75, 3.05) is 51.1 Å². The number of carbonyl (C=O) groups excluding carboxylic acids is 2. The van der Waals surface area contributed by atoms with Crippen LogP contribution < -0.4 is 31.6 Å². The SMILES string of the molecule is O=C(NCC1=CN(c2ccc(-n3ccccc3=O)cc2OCCCOC(=O)N2CCOCC2)NN1)c1ccc(Cl)s1. The third kappa shape index (κ3) is 7.38. The molecule has 1 saturated heterocycles. The van der Waals surface area contributed by atoms with Crippen LogP contribution in [0.2, 0.25) is 4.34 Å². The number of nitrogens with one attached hydrogen (secondary N) is 3. The van der Waals surface area contributed by atoms with E-state index in [0.717, 1.165) is 0 Å². The Labute approximate surface area is 245 Å². The van der Waals surface area contributed by atoms with Gasteiger partial charge in [-0.25, -0.2) is 4.79 Å². The molecule has 0 atom stereocenters. The van der Waals surface area contributed by atoms with E-state index in [1.54, 1.807) is 52.6 Å². The van der Waals surface area contributed by atoms with Gasteiger partial charge >= 0.3 is 6.09 Å². The highest BCUT2D eigenvalue weighted by atomic mass is 35.5. The van der Waals surface area contributed by atoms with Crippen molar-refractivity contribution in [3.8, 4) is 11.4 Å². The zero-order valence-corrected chi connectivity index (χ0v) is 23.6. The normalized spacial score (nSPS) is 14.8. The summed E-state index contributed by atoms with van der Waals surface area (Å²) in [5.41, 5.74) is 7.92. The number of hydrazine groups is 2. The molecule has 1 fully saturated rings. The Bertz CT molecular complexity index is 1470. The summed E-state index contributed by atoms with van der Waals surface area (Å²) in [5, 5.41) is 4.57. The Balaban J connectivity index is 1.24. The molecule has 14 heteroatoms. The summed E-state index contributed by atoms with van der Waals surface area (Å²) in [6.07, 6.45) is 3.58. The van der Waals surface area contributed by atoms with Gasteiger partial charge in [0.15, 0.2) is 0 Å². The highest BCUT2D eigenvalue weighted by molar-refractivity contribution is 7.18. The van der Waals surface area contributed by atoms with E-state index in [1.165, 1.54) is 22.0 Å². The number of anilines is 1. The summed E-state index contributed by atoms with van der Waals surface area (Å²) in [6, 6.07) is 13.7. The van der Waals surface area contributed by atoms with Gasteiger partial charge in [-0.05, 0) is 30.3 Å². The molecule has 2 aliphatic heterocycles. The van der Waals surface area contributed by atoms with Crippen molar-refractivity contribution in [2.24, 2.45) is 0 Å². The smallest absolute Gasteiger partial charge is 0.409 e. The summed E-state index contributed by atoms with van der Waals surface area (Å²) in [4.78, 5) is 39.2. The highest BCUT2D eigenvalue weighted by Gasteiger charge is 2.20. The molecule has 2 aliphatic rings. The maximum Gasteiger partial charge on any atom is 0.409 e. The number of thiophene rings is 1. The Hall–Kier alpha value is -4.04. The van der Waals surface area contributed by atoms with Crippen LogP contribution in [-0.2, 0) is 9.47 Å². The molecule has 2 amide bonds. The Kier molecular flexibility index (Phi) is 9.41. The lowest BCUT2D eigenvalue weighted by molar-refractivity contribution is 0.0261. The molecular formula is C27H29ClN6O6S. The van der Waals surface area contributed by atoms with Gasteiger partial charge in [0.05, 0.1) is 53.6 Å². The predicted octanol–water partition coefficient (Wildman–Crippen LogP) is 2.89. The van der Waals surface area contributed by atoms with Gasteiger partial charge in [-0.2, -0.15) is 0 Å². The lowest BCUT2D eigenvalue weighted by Crippen LogP contribution is -2.41. The number of carbonyl (C=O) groups is 2. The molecule has 0 saturated carbocycles. The zero-order chi connectivity index (χ0) is 28.6. The number of amides is 2. The summed E-state index contributed by atoms with van der Waals surface area (Å²) in [6.45, 7) is 2.77. The molecule has 0 bridgehead atoms. The molecule has 41 heavy (non-hydrogen) atoms. The molecule has 5 rings (SSSR count). The van der Waals surface area contributed by atoms with Crippen molar-refractivity contribution in [1.82, 2.24) is 25.7 Å². The first-order valence-corrected chi connectivity index (χ1v) is 14.2. The number of nitrogens with zero attached hydrogens (tertiary/aromatic N) is 3. The van der Waals surface area contributed by atoms with E-state index in [4.69, 9.17) is 25.8 Å². The van der Waals surface area contributed by atoms with Crippen LogP contribution in [-0.4, -0.2) is 67.5 Å². The molecule has 3 aromatic rings. The van der Waals surface area contributed by atoms with Gasteiger partial charge in [0.1, 0.15) is 11.4 Å². The van der Waals surface area contributed by atoms with Crippen LogP contribution in [0.4, 0.5) is 10.5 Å². The van der Waals surface area contributed by atoms with Gasteiger partial charge in [0.25, 0.3) is 11.5 Å². The maximum atomic E-state index is 12.4. The number of pyridine rings is 1. The van der Waals surface area contributed by atoms with Crippen molar-refractivity contribution in [3.05, 3.63) is 86.2 Å². The lowest BCUT2D eigenvalue weighted by Gasteiger charge is -2.26. The maximum absolute atomic E-state index is 12.4. The number of hydrogen-bond donors (Lipinski definition) is 3. The van der Waals surface area contributed by atoms with Crippen molar-refractivity contribution >= 4 is 40.6 Å². The number of ether oxygens (including phenoxy) is 3. The number of morpholine rings is 1. The van der Waals surface area contributed by atoms with Crippen LogP contribution in [0, 0.1) is 0 Å². The molecule has 1 aromatic carbocycles. The number of aromatic nitrogens is 1. The summed E-state index contributed by atoms with van der Waals surface area (Å²) >= 11 is 7.14. The molecule has 216 valence electrons. The minimum atomic E-state index is -0.362. The molecule has 0 unspecified atom stereocenters. The minimum absolute atomic E-state index is 0.174. The van der Waals surface area contributed by atoms with Crippen LogP contribution in [0.1, 0.15) is 16.1 Å². The van der Waals surface area contributed by atoms with Gasteiger partial charge in [-0.3, -0.25) is 19.2 Å². The first-order chi connectivity index (χ1) is 20.0. The predicted molar refractivity (Wildman–Crippen MR) is 154 cm³/mol. The molecule has 0 radical (unpaired) electrons. The second-order valence-corrected chi connectivity index (χ2v) is 10.7. The first kappa shape index (κ1) is 28.5. The molecular weight excluding hydrogens is 572 g/mol. The van der Waals surface area contributed by atoms with Gasteiger partial charge in [0.2, 0.25) is 0 Å². The molecule has 0 aliphatic carbocycles. The second kappa shape index (κ2) is 13.5. The van der Waals surface area contributed by atoms with E-state index in [0.29, 0.717) is 64.8 Å². The second-order valence-electron chi connectivity index (χ2n) is 9.02. The van der Waals surface area contributed by atoms with E-state index < -0.39 is 0 Å². The van der Waals surface area contributed by atoms with Crippen molar-refractivity contribution in [1.29, 1.82) is 0 Å². The minimum Gasteiger partial charge on any atom is -0.491 e. The number of hydrogen-bond acceptors (Lipinski definition) is 10. The van der Waals surface area contributed by atoms with Gasteiger partial charge < -0.3 is 29.9 Å². The summed E-state index contributed by atoms with van der Waals surface area (Å²) < 4.78 is 18.8. The van der Waals surface area contributed by atoms with E-state index in [1.807, 2.05) is 12.1 Å². The van der Waals surface area contributed by atoms with E-state index >= 15 is 0 Å². The summed E-state index contributed by atoms with van der Waals surface area (Å²) in [5.74, 6) is 0.279. The van der Waals surface area contributed by atoms with E-state index in [2.05, 4.69) is 16.3 Å². The third-order valence-corrected chi connectivity index (χ3v) is 7.43. The van der Waals surface area contributed by atoms with E-state index in [-0.39, 0.29) is 37.3 Å². The standard InChI is InChI=1S/C27H29ClN6O6S/c28-24-8-7-23(41-24)26(36)29-17-19-18-34(31-30-19)21-6-5-20(33-9-2-1-4-25(33)35)16-22(21)39-12-3-13-40-27(37)32-10-14-38-15-11-32/h1-2,4-9,16,18,30-31H,3,10-15,17H2,(H,29,36). The van der Waals surface area contributed by atoms with Crippen molar-refractivity contribution in [3.63, 3.8) is 0 Å². The molecule has 2 aromatic heterocycles. The molecule has 12 nitrogen and oxygen atoms in total.